The van der Waals surface area contributed by atoms with Gasteiger partial charge in [0.15, 0.2) is 0 Å². The highest BCUT2D eigenvalue weighted by Gasteiger charge is 2.62. The van der Waals surface area contributed by atoms with Crippen LogP contribution in [-0.2, 0) is 9.59 Å². The number of carbonyl (C=O) groups is 2. The van der Waals surface area contributed by atoms with Gasteiger partial charge in [-0.05, 0) is 23.7 Å². The van der Waals surface area contributed by atoms with Gasteiger partial charge in [-0.1, -0.05) is 41.5 Å². The second kappa shape index (κ2) is 5.33. The van der Waals surface area contributed by atoms with Gasteiger partial charge in [-0.15, -0.1) is 0 Å². The second-order valence-electron chi connectivity index (χ2n) is 7.81. The number of carboxylic acid groups (broad SMARTS) is 2. The van der Waals surface area contributed by atoms with Gasteiger partial charge in [0.2, 0.25) is 11.2 Å². The average Bonchev–Trinajstić information content (AvgIpc) is 2.10. The first kappa shape index (κ1) is 18.9. The van der Waals surface area contributed by atoms with Crippen molar-refractivity contribution in [1.82, 2.24) is 0 Å². The lowest BCUT2D eigenvalue weighted by atomic mass is 9.67. The van der Waals surface area contributed by atoms with Crippen LogP contribution in [0.3, 0.4) is 0 Å². The molecule has 0 radical (unpaired) electrons. The number of hydrogen-bond acceptors (Lipinski definition) is 4. The van der Waals surface area contributed by atoms with Gasteiger partial charge in [0.1, 0.15) is 0 Å². The van der Waals surface area contributed by atoms with Crippen LogP contribution in [0, 0.1) is 10.8 Å². The van der Waals surface area contributed by atoms with Crippen molar-refractivity contribution in [2.45, 2.75) is 65.6 Å². The Labute approximate surface area is 119 Å². The molecule has 0 amide bonds. The Morgan fingerprint density at radius 2 is 0.900 bits per heavy atom. The van der Waals surface area contributed by atoms with Crippen molar-refractivity contribution in [2.24, 2.45) is 10.8 Å². The molecule has 0 aromatic carbocycles. The molecule has 0 rings (SSSR count). The molecule has 6 heteroatoms. The first-order chi connectivity index (χ1) is 8.55. The average molecular weight is 290 g/mol. The van der Waals surface area contributed by atoms with Crippen LogP contribution in [0.1, 0.15) is 54.4 Å². The molecule has 0 aromatic rings. The Morgan fingerprint density at radius 1 is 0.700 bits per heavy atom. The quantitative estimate of drug-likeness (QED) is 0.610. The van der Waals surface area contributed by atoms with Crippen molar-refractivity contribution in [3.05, 3.63) is 0 Å². The van der Waals surface area contributed by atoms with Crippen molar-refractivity contribution < 1.29 is 30.0 Å². The van der Waals surface area contributed by atoms with Crippen LogP contribution in [0.4, 0.5) is 0 Å². The summed E-state index contributed by atoms with van der Waals surface area (Å²) in [4.78, 5) is 22.9. The molecule has 0 aliphatic carbocycles. The van der Waals surface area contributed by atoms with E-state index in [1.54, 1.807) is 41.5 Å². The molecule has 0 heterocycles. The Bertz CT molecular complexity index is 351. The molecular weight excluding hydrogens is 264 g/mol. The molecule has 2 atom stereocenters. The molecule has 0 bridgehead atoms. The van der Waals surface area contributed by atoms with Crippen LogP contribution in [0.15, 0.2) is 0 Å². The van der Waals surface area contributed by atoms with E-state index in [2.05, 4.69) is 0 Å². The zero-order valence-electron chi connectivity index (χ0n) is 13.0. The van der Waals surface area contributed by atoms with Crippen molar-refractivity contribution >= 4 is 11.9 Å². The smallest absolute Gasteiger partial charge is 0.339 e. The first-order valence-corrected chi connectivity index (χ1v) is 6.47. The number of aliphatic carboxylic acids is 2. The third-order valence-corrected chi connectivity index (χ3v) is 2.96. The summed E-state index contributed by atoms with van der Waals surface area (Å²) in [5.74, 6) is -3.47. The second-order valence-corrected chi connectivity index (χ2v) is 7.81. The molecule has 0 spiro atoms. The maximum Gasteiger partial charge on any atom is 0.339 e. The summed E-state index contributed by atoms with van der Waals surface area (Å²) in [6.45, 7) is 10.0. The molecule has 0 saturated heterocycles. The zero-order chi connectivity index (χ0) is 16.6. The summed E-state index contributed by atoms with van der Waals surface area (Å²) in [5, 5.41) is 39.5. The Hall–Kier alpha value is -1.14. The van der Waals surface area contributed by atoms with Crippen LogP contribution < -0.4 is 0 Å². The standard InChI is InChI=1S/C14H26O6/c1-11(2,3)7-13(19,9(15)16)14(20,10(17)18)8-12(4,5)6/h19-20H,7-8H2,1-6H3,(H,15,16)(H,17,18). The number of aliphatic hydroxyl groups is 2. The summed E-state index contributed by atoms with van der Waals surface area (Å²) < 4.78 is 0. The monoisotopic (exact) mass is 290 g/mol. The van der Waals surface area contributed by atoms with E-state index in [0.29, 0.717) is 0 Å². The van der Waals surface area contributed by atoms with E-state index in [4.69, 9.17) is 0 Å². The zero-order valence-corrected chi connectivity index (χ0v) is 13.0. The van der Waals surface area contributed by atoms with Gasteiger partial charge < -0.3 is 20.4 Å². The van der Waals surface area contributed by atoms with Crippen molar-refractivity contribution in [3.8, 4) is 0 Å². The van der Waals surface area contributed by atoms with Crippen molar-refractivity contribution in [2.75, 3.05) is 0 Å². The van der Waals surface area contributed by atoms with Gasteiger partial charge >= 0.3 is 11.9 Å². The van der Waals surface area contributed by atoms with Crippen molar-refractivity contribution in [1.29, 1.82) is 0 Å². The topological polar surface area (TPSA) is 115 Å². The number of carboxylic acids is 2. The molecule has 4 N–H and O–H groups in total. The SMILES string of the molecule is CC(C)(C)CC(O)(C(=O)O)C(O)(CC(C)(C)C)C(=O)O. The van der Waals surface area contributed by atoms with Gasteiger partial charge in [0.25, 0.3) is 0 Å². The molecule has 118 valence electrons. The highest BCUT2D eigenvalue weighted by molar-refractivity contribution is 5.90. The minimum absolute atomic E-state index is 0.381. The highest BCUT2D eigenvalue weighted by Crippen LogP contribution is 2.41. The van der Waals surface area contributed by atoms with E-state index in [1.807, 2.05) is 0 Å². The maximum absolute atomic E-state index is 11.5. The molecule has 6 nitrogen and oxygen atoms in total. The van der Waals surface area contributed by atoms with E-state index in [9.17, 15) is 30.0 Å². The van der Waals surface area contributed by atoms with Crippen LogP contribution in [0.25, 0.3) is 0 Å². The van der Waals surface area contributed by atoms with E-state index in [0.717, 1.165) is 0 Å². The maximum atomic E-state index is 11.5. The fraction of sp³-hybridized carbons (Fsp3) is 0.857. The molecule has 0 aliphatic heterocycles. The van der Waals surface area contributed by atoms with Gasteiger partial charge in [0, 0.05) is 0 Å². The first-order valence-electron chi connectivity index (χ1n) is 6.47. The lowest BCUT2D eigenvalue weighted by Crippen LogP contribution is -2.66. The van der Waals surface area contributed by atoms with Crippen LogP contribution in [0.2, 0.25) is 0 Å². The molecule has 0 fully saturated rings. The van der Waals surface area contributed by atoms with Gasteiger partial charge in [-0.25, -0.2) is 9.59 Å². The lowest BCUT2D eigenvalue weighted by Gasteiger charge is -2.43. The van der Waals surface area contributed by atoms with E-state index in [-0.39, 0.29) is 12.8 Å². The highest BCUT2D eigenvalue weighted by atomic mass is 16.5. The summed E-state index contributed by atoms with van der Waals surface area (Å²) in [5.41, 5.74) is -6.86. The molecule has 0 saturated carbocycles. The predicted molar refractivity (Wildman–Crippen MR) is 73.3 cm³/mol. The largest absolute Gasteiger partial charge is 0.479 e. The Kier molecular flexibility index (Phi) is 5.03. The Morgan fingerprint density at radius 3 is 1.00 bits per heavy atom. The minimum atomic E-state index is -2.76. The Balaban J connectivity index is 5.94. The summed E-state index contributed by atoms with van der Waals surface area (Å²) >= 11 is 0. The minimum Gasteiger partial charge on any atom is -0.479 e. The fourth-order valence-corrected chi connectivity index (χ4v) is 2.33. The molecular formula is C14H26O6. The molecule has 0 aliphatic rings. The third kappa shape index (κ3) is 4.18. The predicted octanol–water partition coefficient (Wildman–Crippen LogP) is 1.49. The number of rotatable bonds is 5. The van der Waals surface area contributed by atoms with Crippen LogP contribution in [0.5, 0.6) is 0 Å². The summed E-state index contributed by atoms with van der Waals surface area (Å²) in [7, 11) is 0. The molecule has 0 aromatic heterocycles. The summed E-state index contributed by atoms with van der Waals surface area (Å²) in [6, 6.07) is 0. The number of hydrogen-bond donors (Lipinski definition) is 4. The third-order valence-electron chi connectivity index (χ3n) is 2.96. The summed E-state index contributed by atoms with van der Waals surface area (Å²) in [6.07, 6.45) is -0.761. The molecule has 20 heavy (non-hydrogen) atoms. The van der Waals surface area contributed by atoms with Crippen LogP contribution >= 0.6 is 0 Å². The molecule has 2 unspecified atom stereocenters. The van der Waals surface area contributed by atoms with Gasteiger partial charge in [-0.3, -0.25) is 0 Å². The van der Waals surface area contributed by atoms with E-state index < -0.39 is 34.0 Å². The van der Waals surface area contributed by atoms with Gasteiger partial charge in [-0.2, -0.15) is 0 Å². The lowest BCUT2D eigenvalue weighted by molar-refractivity contribution is -0.218. The van der Waals surface area contributed by atoms with E-state index >= 15 is 0 Å². The van der Waals surface area contributed by atoms with Gasteiger partial charge in [0.05, 0.1) is 0 Å². The van der Waals surface area contributed by atoms with Crippen molar-refractivity contribution in [3.63, 3.8) is 0 Å². The van der Waals surface area contributed by atoms with Crippen LogP contribution in [-0.4, -0.2) is 43.6 Å². The van der Waals surface area contributed by atoms with E-state index in [1.165, 1.54) is 0 Å². The normalized spacial score (nSPS) is 19.0. The fourth-order valence-electron chi connectivity index (χ4n) is 2.33.